The lowest BCUT2D eigenvalue weighted by atomic mass is 10.0. The molecule has 4 nitrogen and oxygen atoms in total. The second-order valence-electron chi connectivity index (χ2n) is 4.01. The Hall–Kier alpha value is -1.16. The summed E-state index contributed by atoms with van der Waals surface area (Å²) < 4.78 is 0. The van der Waals surface area contributed by atoms with E-state index >= 15 is 0 Å². The summed E-state index contributed by atoms with van der Waals surface area (Å²) in [6, 6.07) is 2.52. The maximum Gasteiger partial charge on any atom is 0.132 e. The fourth-order valence-electron chi connectivity index (χ4n) is 1.90. The summed E-state index contributed by atoms with van der Waals surface area (Å²) in [5.74, 6) is 1.97. The van der Waals surface area contributed by atoms with Crippen molar-refractivity contribution in [2.75, 3.05) is 18.0 Å². The van der Waals surface area contributed by atoms with Gasteiger partial charge in [0.1, 0.15) is 11.6 Å². The van der Waals surface area contributed by atoms with Gasteiger partial charge in [-0.05, 0) is 13.3 Å². The van der Waals surface area contributed by atoms with Crippen LogP contribution in [0, 0.1) is 6.92 Å². The largest absolute Gasteiger partial charge is 0.352 e. The van der Waals surface area contributed by atoms with Crippen molar-refractivity contribution in [3.63, 3.8) is 0 Å². The first-order valence-electron chi connectivity index (χ1n) is 5.56. The van der Waals surface area contributed by atoms with Gasteiger partial charge in [-0.25, -0.2) is 9.97 Å². The van der Waals surface area contributed by atoms with Crippen LogP contribution in [0.2, 0.25) is 0 Å². The number of hydrogen-bond donors (Lipinski definition) is 1. The van der Waals surface area contributed by atoms with Gasteiger partial charge in [0, 0.05) is 37.3 Å². The molecule has 2 heterocycles. The number of rotatable bonds is 3. The van der Waals surface area contributed by atoms with E-state index in [0.29, 0.717) is 12.6 Å². The second kappa shape index (κ2) is 4.14. The maximum atomic E-state index is 5.69. The minimum absolute atomic E-state index is 0.476. The fraction of sp³-hybridized carbons (Fsp3) is 0.636. The Morgan fingerprint density at radius 1 is 1.53 bits per heavy atom. The third-order valence-electron chi connectivity index (χ3n) is 2.91. The maximum absolute atomic E-state index is 5.69. The average Bonchev–Trinajstić information content (AvgIpc) is 2.16. The van der Waals surface area contributed by atoms with Crippen molar-refractivity contribution < 1.29 is 0 Å². The van der Waals surface area contributed by atoms with Gasteiger partial charge in [-0.3, -0.25) is 0 Å². The molecule has 2 N–H and O–H groups in total. The van der Waals surface area contributed by atoms with Crippen LogP contribution in [0.25, 0.3) is 0 Å². The number of anilines is 1. The first-order chi connectivity index (χ1) is 7.24. The van der Waals surface area contributed by atoms with E-state index in [0.717, 1.165) is 30.3 Å². The van der Waals surface area contributed by atoms with E-state index in [-0.39, 0.29) is 0 Å². The standard InChI is InChI=1S/C11H18N4/c1-3-10-13-8(2)6-11(14-10)15-5-4-9(15)7-12/h6,9H,3-5,7,12H2,1-2H3. The lowest BCUT2D eigenvalue weighted by Crippen LogP contribution is -2.52. The molecule has 1 unspecified atom stereocenters. The molecule has 4 heteroatoms. The number of aryl methyl sites for hydroxylation is 2. The van der Waals surface area contributed by atoms with Gasteiger partial charge in [-0.1, -0.05) is 6.92 Å². The Morgan fingerprint density at radius 2 is 2.33 bits per heavy atom. The molecule has 0 amide bonds. The molecule has 1 fully saturated rings. The normalized spacial score (nSPS) is 20.2. The van der Waals surface area contributed by atoms with Gasteiger partial charge in [0.2, 0.25) is 0 Å². The molecule has 1 aromatic rings. The van der Waals surface area contributed by atoms with Crippen LogP contribution in [0.5, 0.6) is 0 Å². The van der Waals surface area contributed by atoms with Gasteiger partial charge >= 0.3 is 0 Å². The van der Waals surface area contributed by atoms with E-state index in [1.54, 1.807) is 0 Å². The Labute approximate surface area is 90.5 Å². The van der Waals surface area contributed by atoms with E-state index in [2.05, 4.69) is 21.8 Å². The van der Waals surface area contributed by atoms with E-state index in [1.165, 1.54) is 6.42 Å². The highest BCUT2D eigenvalue weighted by Gasteiger charge is 2.27. The van der Waals surface area contributed by atoms with E-state index in [4.69, 9.17) is 5.73 Å². The summed E-state index contributed by atoms with van der Waals surface area (Å²) in [6.45, 7) is 5.88. The van der Waals surface area contributed by atoms with E-state index < -0.39 is 0 Å². The molecule has 1 aromatic heterocycles. The Morgan fingerprint density at radius 3 is 2.87 bits per heavy atom. The van der Waals surface area contributed by atoms with Crippen LogP contribution < -0.4 is 10.6 Å². The molecule has 1 atom stereocenters. The lowest BCUT2D eigenvalue weighted by molar-refractivity contribution is 0.451. The van der Waals surface area contributed by atoms with Crippen molar-refractivity contribution in [2.45, 2.75) is 32.7 Å². The Bertz CT molecular complexity index is 348. The highest BCUT2D eigenvalue weighted by Crippen LogP contribution is 2.24. The Balaban J connectivity index is 2.24. The highest BCUT2D eigenvalue weighted by molar-refractivity contribution is 5.44. The molecule has 0 saturated carbocycles. The minimum atomic E-state index is 0.476. The van der Waals surface area contributed by atoms with Crippen LogP contribution in [0.15, 0.2) is 6.07 Å². The monoisotopic (exact) mass is 206 g/mol. The van der Waals surface area contributed by atoms with Crippen LogP contribution >= 0.6 is 0 Å². The molecule has 1 aliphatic heterocycles. The zero-order chi connectivity index (χ0) is 10.8. The smallest absolute Gasteiger partial charge is 0.132 e. The molecule has 0 radical (unpaired) electrons. The lowest BCUT2D eigenvalue weighted by Gasteiger charge is -2.41. The molecule has 1 aliphatic rings. The first kappa shape index (κ1) is 10.4. The van der Waals surface area contributed by atoms with Crippen molar-refractivity contribution in [1.29, 1.82) is 0 Å². The minimum Gasteiger partial charge on any atom is -0.352 e. The molecule has 2 rings (SSSR count). The first-order valence-corrected chi connectivity index (χ1v) is 5.56. The van der Waals surface area contributed by atoms with Gasteiger partial charge in [-0.2, -0.15) is 0 Å². The number of nitrogens with two attached hydrogens (primary N) is 1. The van der Waals surface area contributed by atoms with Crippen LogP contribution in [0.3, 0.4) is 0 Å². The SMILES string of the molecule is CCc1nc(C)cc(N2CCC2CN)n1. The molecule has 15 heavy (non-hydrogen) atoms. The average molecular weight is 206 g/mol. The zero-order valence-corrected chi connectivity index (χ0v) is 9.40. The summed E-state index contributed by atoms with van der Waals surface area (Å²) in [7, 11) is 0. The quantitative estimate of drug-likeness (QED) is 0.798. The molecule has 0 aliphatic carbocycles. The second-order valence-corrected chi connectivity index (χ2v) is 4.01. The van der Waals surface area contributed by atoms with Crippen molar-refractivity contribution in [2.24, 2.45) is 5.73 Å². The highest BCUT2D eigenvalue weighted by atomic mass is 15.3. The van der Waals surface area contributed by atoms with Gasteiger partial charge in [-0.15, -0.1) is 0 Å². The van der Waals surface area contributed by atoms with Crippen molar-refractivity contribution >= 4 is 5.82 Å². The summed E-state index contributed by atoms with van der Waals surface area (Å²) in [5.41, 5.74) is 6.73. The Kier molecular flexibility index (Phi) is 2.86. The van der Waals surface area contributed by atoms with Crippen molar-refractivity contribution in [1.82, 2.24) is 9.97 Å². The molecular formula is C11H18N4. The zero-order valence-electron chi connectivity index (χ0n) is 9.40. The summed E-state index contributed by atoms with van der Waals surface area (Å²) in [6.07, 6.45) is 2.07. The van der Waals surface area contributed by atoms with Crippen LogP contribution in [0.1, 0.15) is 24.9 Å². The topological polar surface area (TPSA) is 55.0 Å². The van der Waals surface area contributed by atoms with E-state index in [9.17, 15) is 0 Å². The predicted octanol–water partition coefficient (Wildman–Crippen LogP) is 0.885. The summed E-state index contributed by atoms with van der Waals surface area (Å²) in [5, 5.41) is 0. The fourth-order valence-corrected chi connectivity index (χ4v) is 1.90. The number of hydrogen-bond acceptors (Lipinski definition) is 4. The van der Waals surface area contributed by atoms with Gasteiger partial charge in [0.15, 0.2) is 0 Å². The third kappa shape index (κ3) is 1.95. The van der Waals surface area contributed by atoms with Gasteiger partial charge in [0.25, 0.3) is 0 Å². The number of aromatic nitrogens is 2. The van der Waals surface area contributed by atoms with Crippen molar-refractivity contribution in [3.8, 4) is 0 Å². The summed E-state index contributed by atoms with van der Waals surface area (Å²) in [4.78, 5) is 11.2. The van der Waals surface area contributed by atoms with Crippen molar-refractivity contribution in [3.05, 3.63) is 17.6 Å². The molecule has 82 valence electrons. The van der Waals surface area contributed by atoms with Crippen LogP contribution in [-0.4, -0.2) is 29.1 Å². The number of nitrogens with zero attached hydrogens (tertiary/aromatic N) is 3. The summed E-state index contributed by atoms with van der Waals surface area (Å²) >= 11 is 0. The molecule has 1 saturated heterocycles. The molecule has 0 aromatic carbocycles. The van der Waals surface area contributed by atoms with E-state index in [1.807, 2.05) is 13.0 Å². The molecular weight excluding hydrogens is 188 g/mol. The molecule has 0 bridgehead atoms. The van der Waals surface area contributed by atoms with Gasteiger partial charge < -0.3 is 10.6 Å². The van der Waals surface area contributed by atoms with Crippen LogP contribution in [0.4, 0.5) is 5.82 Å². The third-order valence-corrected chi connectivity index (χ3v) is 2.91. The van der Waals surface area contributed by atoms with Gasteiger partial charge in [0.05, 0.1) is 0 Å². The molecule has 0 spiro atoms. The van der Waals surface area contributed by atoms with Crippen LogP contribution in [-0.2, 0) is 6.42 Å². The predicted molar refractivity (Wildman–Crippen MR) is 61.0 cm³/mol.